The van der Waals surface area contributed by atoms with E-state index >= 15 is 0 Å². The lowest BCUT2D eigenvalue weighted by atomic mass is 9.34. The highest BCUT2D eigenvalue weighted by Gasteiger charge is 2.47. The number of nitrogens with zero attached hydrogens (tertiary/aromatic N) is 1. The molecule has 0 spiro atoms. The van der Waals surface area contributed by atoms with Gasteiger partial charge in [-0.2, -0.15) is 0 Å². The first kappa shape index (κ1) is 25.4. The molecule has 210 valence electrons. The second-order valence-corrected chi connectivity index (χ2v) is 14.7. The molecule has 0 fully saturated rings. The predicted molar refractivity (Wildman–Crippen MR) is 178 cm³/mol. The normalized spacial score (nSPS) is 17.7. The quantitative estimate of drug-likeness (QED) is 0.182. The molecule has 5 aromatic rings. The molecule has 0 bridgehead atoms. The number of hydrogen-bond acceptors (Lipinski definition) is 4. The minimum atomic E-state index is -0.00613. The van der Waals surface area contributed by atoms with E-state index in [0.717, 1.165) is 41.5 Å². The summed E-state index contributed by atoms with van der Waals surface area (Å²) < 4.78 is 13.8. The summed E-state index contributed by atoms with van der Waals surface area (Å²) in [4.78, 5) is 4.90. The monoisotopic (exact) mass is 577 g/mol. The van der Waals surface area contributed by atoms with Crippen molar-refractivity contribution in [2.75, 3.05) is 4.90 Å². The third-order valence-corrected chi connectivity index (χ3v) is 11.1. The molecule has 43 heavy (non-hydrogen) atoms. The van der Waals surface area contributed by atoms with Gasteiger partial charge in [0.1, 0.15) is 23.0 Å². The largest absolute Gasteiger partial charge is 0.458 e. The zero-order chi connectivity index (χ0) is 29.1. The topological polar surface area (TPSA) is 21.7 Å². The summed E-state index contributed by atoms with van der Waals surface area (Å²) in [7, 11) is 0. The lowest BCUT2D eigenvalue weighted by molar-refractivity contribution is 0.318. The number of anilines is 3. The third-order valence-electron chi connectivity index (χ3n) is 10.0. The van der Waals surface area contributed by atoms with Crippen LogP contribution in [0.1, 0.15) is 51.7 Å². The maximum absolute atomic E-state index is 7.16. The average Bonchev–Trinajstić information content (AvgIpc) is 3.01. The first-order chi connectivity index (χ1) is 20.8. The maximum Gasteiger partial charge on any atom is 0.260 e. The van der Waals surface area contributed by atoms with Crippen molar-refractivity contribution in [3.05, 3.63) is 108 Å². The molecule has 3 heterocycles. The van der Waals surface area contributed by atoms with Crippen molar-refractivity contribution in [1.29, 1.82) is 0 Å². The Kier molecular flexibility index (Phi) is 5.16. The molecule has 0 aromatic heterocycles. The number of hydrogen-bond donors (Lipinski definition) is 0. The second kappa shape index (κ2) is 8.73. The van der Waals surface area contributed by atoms with Gasteiger partial charge in [-0.05, 0) is 82.6 Å². The van der Waals surface area contributed by atoms with Gasteiger partial charge < -0.3 is 14.4 Å². The third kappa shape index (κ3) is 3.58. The van der Waals surface area contributed by atoms with E-state index in [4.69, 9.17) is 9.47 Å². The van der Waals surface area contributed by atoms with Gasteiger partial charge >= 0.3 is 0 Å². The van der Waals surface area contributed by atoms with Gasteiger partial charge in [0.15, 0.2) is 0 Å². The molecule has 1 aliphatic carbocycles. The van der Waals surface area contributed by atoms with Gasteiger partial charge in [0.25, 0.3) is 6.71 Å². The van der Waals surface area contributed by atoms with Crippen molar-refractivity contribution < 1.29 is 9.47 Å². The SMILES string of the molecule is CC1(C)CCC(C)(C)c2c1cc1c3c2Oc2cc(N4c5ccccc5Sc5ccccc54)ccc2B3c2ccccc2O1. The first-order valence-electron chi connectivity index (χ1n) is 15.3. The molecule has 3 aliphatic heterocycles. The summed E-state index contributed by atoms with van der Waals surface area (Å²) >= 11 is 1.83. The van der Waals surface area contributed by atoms with Crippen molar-refractivity contribution in [1.82, 2.24) is 0 Å². The Morgan fingerprint density at radius 1 is 0.651 bits per heavy atom. The zero-order valence-corrected chi connectivity index (χ0v) is 25.7. The van der Waals surface area contributed by atoms with E-state index in [-0.39, 0.29) is 17.5 Å². The zero-order valence-electron chi connectivity index (χ0n) is 24.9. The van der Waals surface area contributed by atoms with E-state index in [1.54, 1.807) is 0 Å². The van der Waals surface area contributed by atoms with E-state index in [9.17, 15) is 0 Å². The highest BCUT2D eigenvalue weighted by atomic mass is 32.2. The summed E-state index contributed by atoms with van der Waals surface area (Å²) in [5.41, 5.74) is 9.79. The molecule has 0 N–H and O–H groups in total. The lowest BCUT2D eigenvalue weighted by Gasteiger charge is -2.45. The fourth-order valence-electron chi connectivity index (χ4n) is 7.69. The maximum atomic E-state index is 7.16. The van der Waals surface area contributed by atoms with Gasteiger partial charge in [-0.3, -0.25) is 0 Å². The van der Waals surface area contributed by atoms with Crippen LogP contribution in [-0.4, -0.2) is 6.71 Å². The smallest absolute Gasteiger partial charge is 0.260 e. The van der Waals surface area contributed by atoms with Gasteiger partial charge in [-0.1, -0.05) is 88.0 Å². The molecule has 0 atom stereocenters. The molecule has 5 aromatic carbocycles. The van der Waals surface area contributed by atoms with Gasteiger partial charge in [-0.25, -0.2) is 0 Å². The molecule has 9 rings (SSSR count). The van der Waals surface area contributed by atoms with Gasteiger partial charge in [0.05, 0.1) is 11.4 Å². The van der Waals surface area contributed by atoms with Crippen LogP contribution in [0, 0.1) is 0 Å². The molecular weight excluding hydrogens is 545 g/mol. The van der Waals surface area contributed by atoms with Gasteiger partial charge in [-0.15, -0.1) is 0 Å². The molecule has 0 saturated carbocycles. The van der Waals surface area contributed by atoms with E-state index in [1.165, 1.54) is 48.7 Å². The average molecular weight is 578 g/mol. The van der Waals surface area contributed by atoms with Crippen molar-refractivity contribution in [2.24, 2.45) is 0 Å². The van der Waals surface area contributed by atoms with Gasteiger partial charge in [0.2, 0.25) is 0 Å². The van der Waals surface area contributed by atoms with Crippen LogP contribution in [0.2, 0.25) is 0 Å². The fourth-order valence-corrected chi connectivity index (χ4v) is 8.75. The van der Waals surface area contributed by atoms with Crippen LogP contribution >= 0.6 is 11.8 Å². The Morgan fingerprint density at radius 3 is 2.07 bits per heavy atom. The Bertz CT molecular complexity index is 1950. The summed E-state index contributed by atoms with van der Waals surface area (Å²) in [6.07, 6.45) is 2.26. The molecule has 5 heteroatoms. The summed E-state index contributed by atoms with van der Waals surface area (Å²) in [6.45, 7) is 9.55. The van der Waals surface area contributed by atoms with E-state index in [0.29, 0.717) is 0 Å². The molecule has 0 radical (unpaired) electrons. The van der Waals surface area contributed by atoms with Crippen LogP contribution in [0.4, 0.5) is 17.1 Å². The molecule has 0 saturated heterocycles. The minimum Gasteiger partial charge on any atom is -0.458 e. The number of rotatable bonds is 1. The minimum absolute atomic E-state index is 0.00613. The number of fused-ring (bicyclic) bond motifs is 8. The van der Waals surface area contributed by atoms with Crippen LogP contribution in [0.3, 0.4) is 0 Å². The van der Waals surface area contributed by atoms with E-state index < -0.39 is 0 Å². The van der Waals surface area contributed by atoms with Crippen LogP contribution < -0.4 is 30.8 Å². The fraction of sp³-hybridized carbons (Fsp3) is 0.211. The van der Waals surface area contributed by atoms with E-state index in [2.05, 4.69) is 130 Å². The molecule has 0 amide bonds. The summed E-state index contributed by atoms with van der Waals surface area (Å²) in [5.74, 6) is 3.81. The number of ether oxygens (including phenoxy) is 2. The van der Waals surface area contributed by atoms with Crippen molar-refractivity contribution in [2.45, 2.75) is 61.2 Å². The highest BCUT2D eigenvalue weighted by Crippen LogP contribution is 2.54. The van der Waals surface area contributed by atoms with Crippen LogP contribution in [0.5, 0.6) is 23.0 Å². The first-order valence-corrected chi connectivity index (χ1v) is 16.1. The lowest BCUT2D eigenvalue weighted by Crippen LogP contribution is -2.58. The molecular formula is C38H32BNO2S. The molecule has 0 unspecified atom stereocenters. The Hall–Kier alpha value is -4.09. The summed E-state index contributed by atoms with van der Waals surface area (Å²) in [5, 5.41) is 0. The molecule has 3 nitrogen and oxygen atoms in total. The number of para-hydroxylation sites is 3. The van der Waals surface area contributed by atoms with Gasteiger partial charge in [0, 0.05) is 32.6 Å². The van der Waals surface area contributed by atoms with Crippen molar-refractivity contribution >= 4 is 51.9 Å². The second-order valence-electron chi connectivity index (χ2n) is 13.6. The van der Waals surface area contributed by atoms with E-state index in [1.807, 2.05) is 11.8 Å². The number of benzene rings is 5. The Balaban J connectivity index is 1.29. The predicted octanol–water partition coefficient (Wildman–Crippen LogP) is 8.70. The Labute approximate surface area is 257 Å². The highest BCUT2D eigenvalue weighted by molar-refractivity contribution is 7.99. The van der Waals surface area contributed by atoms with Crippen LogP contribution in [0.25, 0.3) is 0 Å². The van der Waals surface area contributed by atoms with Crippen LogP contribution in [-0.2, 0) is 10.8 Å². The van der Waals surface area contributed by atoms with Crippen molar-refractivity contribution in [3.8, 4) is 23.0 Å². The standard InChI is InChI=1S/C38H32BNO2S/c1-37(2)19-20-38(3,4)34-24(37)22-31-35-36(34)42-30-21-23(17-18-26(30)39(35)25-11-5-8-14-29(25)41-31)40-27-12-6-9-15-32(27)43-33-16-10-7-13-28(33)40/h5-18,21-22H,19-20H2,1-4H3. The Morgan fingerprint density at radius 2 is 1.30 bits per heavy atom. The van der Waals surface area contributed by atoms with Crippen molar-refractivity contribution in [3.63, 3.8) is 0 Å². The van der Waals surface area contributed by atoms with Crippen LogP contribution in [0.15, 0.2) is 107 Å². The summed E-state index contributed by atoms with van der Waals surface area (Å²) in [6, 6.07) is 35.0. The molecule has 4 aliphatic rings.